The molecule has 1 heterocycles. The van der Waals surface area contributed by atoms with Crippen molar-refractivity contribution in [2.75, 3.05) is 0 Å². The largest absolute Gasteiger partial charge is 0.368 e. The van der Waals surface area contributed by atoms with E-state index in [-0.39, 0.29) is 5.91 Å². The Kier molecular flexibility index (Phi) is 4.93. The number of hydrogen-bond acceptors (Lipinski definition) is 3. The molecule has 1 aromatic carbocycles. The molecule has 2 amide bonds. The van der Waals surface area contributed by atoms with Crippen LogP contribution >= 0.6 is 0 Å². The molecule has 6 heteroatoms. The Hall–Kier alpha value is -2.63. The van der Waals surface area contributed by atoms with Gasteiger partial charge in [-0.15, -0.1) is 0 Å². The van der Waals surface area contributed by atoms with Gasteiger partial charge in [0.2, 0.25) is 5.91 Å². The van der Waals surface area contributed by atoms with Gasteiger partial charge < -0.3 is 11.1 Å². The number of nitrogens with zero attached hydrogens (tertiary/aromatic N) is 2. The lowest BCUT2D eigenvalue weighted by molar-refractivity contribution is -0.120. The lowest BCUT2D eigenvalue weighted by Crippen LogP contribution is -2.37. The van der Waals surface area contributed by atoms with Crippen molar-refractivity contribution in [3.63, 3.8) is 0 Å². The van der Waals surface area contributed by atoms with Crippen molar-refractivity contribution in [1.82, 2.24) is 15.1 Å². The van der Waals surface area contributed by atoms with Crippen LogP contribution in [0, 0.1) is 6.92 Å². The molecule has 0 aliphatic carbocycles. The van der Waals surface area contributed by atoms with Crippen molar-refractivity contribution in [2.24, 2.45) is 5.73 Å². The molecule has 1 atom stereocenters. The number of aryl methyl sites for hydroxylation is 1. The minimum atomic E-state index is -0.859. The fourth-order valence-electron chi connectivity index (χ4n) is 2.28. The fourth-order valence-corrected chi connectivity index (χ4v) is 2.28. The predicted molar refractivity (Wildman–Crippen MR) is 83.1 cm³/mol. The summed E-state index contributed by atoms with van der Waals surface area (Å²) in [6, 6.07) is 8.07. The summed E-state index contributed by atoms with van der Waals surface area (Å²) in [6.07, 6.45) is 2.45. The molecule has 2 aromatic rings. The van der Waals surface area contributed by atoms with E-state index in [0.717, 1.165) is 18.7 Å². The second-order valence-electron chi connectivity index (χ2n) is 5.09. The molecule has 0 aliphatic rings. The molecule has 3 N–H and O–H groups in total. The van der Waals surface area contributed by atoms with Crippen molar-refractivity contribution < 1.29 is 9.59 Å². The third-order valence-corrected chi connectivity index (χ3v) is 3.48. The van der Waals surface area contributed by atoms with Gasteiger partial charge in [-0.25, -0.2) is 0 Å². The second kappa shape index (κ2) is 6.89. The Morgan fingerprint density at radius 3 is 2.59 bits per heavy atom. The van der Waals surface area contributed by atoms with Gasteiger partial charge in [0, 0.05) is 12.2 Å². The van der Waals surface area contributed by atoms with Crippen LogP contribution in [0.25, 0.3) is 0 Å². The molecule has 0 saturated heterocycles. The zero-order valence-electron chi connectivity index (χ0n) is 12.7. The summed E-state index contributed by atoms with van der Waals surface area (Å²) in [5.74, 6) is -0.953. The van der Waals surface area contributed by atoms with Crippen molar-refractivity contribution in [2.45, 2.75) is 32.9 Å². The van der Waals surface area contributed by atoms with Crippen molar-refractivity contribution in [3.8, 4) is 0 Å². The van der Waals surface area contributed by atoms with Crippen LogP contribution < -0.4 is 11.1 Å². The van der Waals surface area contributed by atoms with E-state index in [1.54, 1.807) is 28.9 Å². The van der Waals surface area contributed by atoms with Gasteiger partial charge in [-0.1, -0.05) is 37.3 Å². The molecule has 0 bridgehead atoms. The maximum Gasteiger partial charge on any atom is 0.255 e. The number of amides is 2. The number of carbonyl (C=O) groups is 2. The van der Waals surface area contributed by atoms with E-state index < -0.39 is 11.9 Å². The van der Waals surface area contributed by atoms with Gasteiger partial charge in [0.25, 0.3) is 5.91 Å². The molecule has 0 unspecified atom stereocenters. The molecular weight excluding hydrogens is 280 g/mol. The monoisotopic (exact) mass is 300 g/mol. The van der Waals surface area contributed by atoms with Crippen LogP contribution in [0.2, 0.25) is 0 Å². The molecule has 2 rings (SSSR count). The first-order chi connectivity index (χ1) is 10.5. The van der Waals surface area contributed by atoms with Crippen LogP contribution in [0.4, 0.5) is 0 Å². The first kappa shape index (κ1) is 15.8. The highest BCUT2D eigenvalue weighted by Crippen LogP contribution is 2.14. The van der Waals surface area contributed by atoms with E-state index in [2.05, 4.69) is 10.4 Å². The quantitative estimate of drug-likeness (QED) is 0.848. The van der Waals surface area contributed by atoms with Crippen LogP contribution in [0.3, 0.4) is 0 Å². The van der Waals surface area contributed by atoms with E-state index in [9.17, 15) is 9.59 Å². The average Bonchev–Trinajstić information content (AvgIpc) is 2.87. The topological polar surface area (TPSA) is 90.0 Å². The molecule has 0 radical (unpaired) electrons. The Bertz CT molecular complexity index is 664. The Morgan fingerprint density at radius 1 is 1.32 bits per heavy atom. The fraction of sp³-hybridized carbons (Fsp3) is 0.312. The standard InChI is InChI=1S/C16H20N4O2/c1-3-9-20-11(2)13(10-18-20)16(22)19-14(15(17)21)12-7-5-4-6-8-12/h4-8,10,14H,3,9H2,1-2H3,(H2,17,21)(H,19,22)/t14-/m0/s1. The zero-order valence-corrected chi connectivity index (χ0v) is 12.7. The minimum absolute atomic E-state index is 0.354. The van der Waals surface area contributed by atoms with E-state index in [0.29, 0.717) is 11.1 Å². The second-order valence-corrected chi connectivity index (χ2v) is 5.09. The lowest BCUT2D eigenvalue weighted by atomic mass is 10.1. The summed E-state index contributed by atoms with van der Waals surface area (Å²) >= 11 is 0. The van der Waals surface area contributed by atoms with E-state index in [1.807, 2.05) is 19.9 Å². The van der Waals surface area contributed by atoms with Crippen LogP contribution in [0.5, 0.6) is 0 Å². The Balaban J connectivity index is 2.20. The van der Waals surface area contributed by atoms with Gasteiger partial charge in [0.1, 0.15) is 6.04 Å². The number of benzene rings is 1. The summed E-state index contributed by atoms with van der Waals surface area (Å²) in [5.41, 5.74) is 7.29. The molecule has 0 saturated carbocycles. The zero-order chi connectivity index (χ0) is 16.1. The highest BCUT2D eigenvalue weighted by atomic mass is 16.2. The van der Waals surface area contributed by atoms with Gasteiger partial charge in [0.05, 0.1) is 11.8 Å². The third-order valence-electron chi connectivity index (χ3n) is 3.48. The number of rotatable bonds is 6. The average molecular weight is 300 g/mol. The van der Waals surface area contributed by atoms with Gasteiger partial charge in [-0.3, -0.25) is 14.3 Å². The molecule has 1 aromatic heterocycles. The molecule has 22 heavy (non-hydrogen) atoms. The first-order valence-electron chi connectivity index (χ1n) is 7.22. The number of hydrogen-bond donors (Lipinski definition) is 2. The van der Waals surface area contributed by atoms with Crippen LogP contribution in [0.15, 0.2) is 36.5 Å². The van der Waals surface area contributed by atoms with Crippen molar-refractivity contribution >= 4 is 11.8 Å². The summed E-state index contributed by atoms with van der Waals surface area (Å²) < 4.78 is 1.77. The normalized spacial score (nSPS) is 11.9. The lowest BCUT2D eigenvalue weighted by Gasteiger charge is -2.15. The summed E-state index contributed by atoms with van der Waals surface area (Å²) in [5, 5.41) is 6.87. The number of primary amides is 1. The van der Waals surface area contributed by atoms with Gasteiger partial charge in [-0.05, 0) is 18.9 Å². The number of aromatic nitrogens is 2. The number of carbonyl (C=O) groups excluding carboxylic acids is 2. The highest BCUT2D eigenvalue weighted by molar-refractivity contribution is 5.98. The molecule has 0 fully saturated rings. The number of nitrogens with one attached hydrogen (secondary N) is 1. The Labute approximate surface area is 129 Å². The molecule has 0 spiro atoms. The number of nitrogens with two attached hydrogens (primary N) is 1. The summed E-state index contributed by atoms with van der Waals surface area (Å²) in [6.45, 7) is 4.62. The first-order valence-corrected chi connectivity index (χ1v) is 7.22. The molecular formula is C16H20N4O2. The van der Waals surface area contributed by atoms with Crippen LogP contribution in [-0.2, 0) is 11.3 Å². The van der Waals surface area contributed by atoms with Crippen molar-refractivity contribution in [1.29, 1.82) is 0 Å². The molecule has 0 aliphatic heterocycles. The van der Waals surface area contributed by atoms with Gasteiger partial charge in [0.15, 0.2) is 0 Å². The highest BCUT2D eigenvalue weighted by Gasteiger charge is 2.22. The van der Waals surface area contributed by atoms with Gasteiger partial charge in [-0.2, -0.15) is 5.10 Å². The predicted octanol–water partition coefficient (Wildman–Crippen LogP) is 1.56. The van der Waals surface area contributed by atoms with E-state index >= 15 is 0 Å². The maximum absolute atomic E-state index is 12.4. The van der Waals surface area contributed by atoms with Gasteiger partial charge >= 0.3 is 0 Å². The summed E-state index contributed by atoms with van der Waals surface area (Å²) in [7, 11) is 0. The Morgan fingerprint density at radius 2 is 2.00 bits per heavy atom. The smallest absolute Gasteiger partial charge is 0.255 e. The summed E-state index contributed by atoms with van der Waals surface area (Å²) in [4.78, 5) is 24.0. The molecule has 6 nitrogen and oxygen atoms in total. The van der Waals surface area contributed by atoms with Crippen molar-refractivity contribution in [3.05, 3.63) is 53.3 Å². The third kappa shape index (κ3) is 3.33. The van der Waals surface area contributed by atoms with Crippen LogP contribution in [-0.4, -0.2) is 21.6 Å². The van der Waals surface area contributed by atoms with E-state index in [1.165, 1.54) is 6.20 Å². The molecule has 116 valence electrons. The maximum atomic E-state index is 12.4. The SMILES string of the molecule is CCCn1ncc(C(=O)N[C@H](C(N)=O)c2ccccc2)c1C. The van der Waals surface area contributed by atoms with Crippen LogP contribution in [0.1, 0.15) is 41.0 Å². The minimum Gasteiger partial charge on any atom is -0.368 e. The van der Waals surface area contributed by atoms with E-state index in [4.69, 9.17) is 5.73 Å².